The third-order valence-electron chi connectivity index (χ3n) is 9.70. The van der Waals surface area contributed by atoms with Crippen LogP contribution in [0.25, 0.3) is 0 Å². The van der Waals surface area contributed by atoms with Gasteiger partial charge in [-0.2, -0.15) is 0 Å². The van der Waals surface area contributed by atoms with Gasteiger partial charge in [0.05, 0.1) is 6.61 Å². The molecular formula is C22H31NO2. The second-order valence-electron chi connectivity index (χ2n) is 10.4. The Kier molecular flexibility index (Phi) is 2.83. The van der Waals surface area contributed by atoms with E-state index in [2.05, 4.69) is 18.4 Å². The first-order chi connectivity index (χ1) is 12.0. The number of ether oxygens (including phenoxy) is 1. The van der Waals surface area contributed by atoms with Gasteiger partial charge in [-0.1, -0.05) is 19.9 Å². The summed E-state index contributed by atoms with van der Waals surface area (Å²) in [5, 5.41) is 0. The molecule has 6 rings (SSSR count). The molecule has 0 amide bonds. The molecule has 4 aliphatic carbocycles. The molecule has 7 atom stereocenters. The molecule has 4 saturated carbocycles. The Morgan fingerprint density at radius 1 is 1.16 bits per heavy atom. The van der Waals surface area contributed by atoms with Gasteiger partial charge in [-0.3, -0.25) is 9.69 Å². The predicted octanol–water partition coefficient (Wildman–Crippen LogP) is 3.79. The highest BCUT2D eigenvalue weighted by Gasteiger charge is 2.73. The van der Waals surface area contributed by atoms with E-state index >= 15 is 0 Å². The van der Waals surface area contributed by atoms with Crippen molar-refractivity contribution in [2.75, 3.05) is 19.7 Å². The predicted molar refractivity (Wildman–Crippen MR) is 95.8 cm³/mol. The lowest BCUT2D eigenvalue weighted by Gasteiger charge is -2.70. The summed E-state index contributed by atoms with van der Waals surface area (Å²) in [6, 6.07) is 0. The number of fused-ring (bicyclic) bond motifs is 2. The normalized spacial score (nSPS) is 57.2. The van der Waals surface area contributed by atoms with Gasteiger partial charge >= 0.3 is 0 Å². The average molecular weight is 341 g/mol. The molecular weight excluding hydrogens is 310 g/mol. The van der Waals surface area contributed by atoms with Crippen molar-refractivity contribution in [1.82, 2.24) is 4.90 Å². The van der Waals surface area contributed by atoms with E-state index < -0.39 is 0 Å². The maximum atomic E-state index is 13.4. The molecule has 0 radical (unpaired) electrons. The highest BCUT2D eigenvalue weighted by atomic mass is 16.5. The summed E-state index contributed by atoms with van der Waals surface area (Å²) in [6.45, 7) is 9.99. The molecule has 4 bridgehead atoms. The second-order valence-corrected chi connectivity index (χ2v) is 10.4. The number of Topliss-reactive ketones (excluding diaryl/α,β-unsaturated/α-hetero) is 1. The van der Waals surface area contributed by atoms with Crippen LogP contribution in [-0.4, -0.2) is 36.6 Å². The number of piperidine rings is 1. The van der Waals surface area contributed by atoms with Crippen LogP contribution in [0.2, 0.25) is 0 Å². The zero-order chi connectivity index (χ0) is 17.0. The Bertz CT molecular complexity index is 673. The van der Waals surface area contributed by atoms with Gasteiger partial charge in [-0.05, 0) is 73.7 Å². The number of ketones is 1. The zero-order valence-corrected chi connectivity index (χ0v) is 15.6. The molecule has 0 aromatic heterocycles. The maximum Gasteiger partial charge on any atom is 0.165 e. The monoisotopic (exact) mass is 341 g/mol. The number of hydrogen-bond donors (Lipinski definition) is 0. The van der Waals surface area contributed by atoms with Crippen molar-refractivity contribution in [2.24, 2.45) is 34.0 Å². The summed E-state index contributed by atoms with van der Waals surface area (Å²) < 4.78 is 6.45. The molecule has 136 valence electrons. The summed E-state index contributed by atoms with van der Waals surface area (Å²) in [4.78, 5) is 16.1. The van der Waals surface area contributed by atoms with E-state index in [1.165, 1.54) is 45.1 Å². The van der Waals surface area contributed by atoms with E-state index in [1.54, 1.807) is 0 Å². The van der Waals surface area contributed by atoms with E-state index in [0.717, 1.165) is 37.5 Å². The molecule has 2 aliphatic heterocycles. The second kappa shape index (κ2) is 4.59. The summed E-state index contributed by atoms with van der Waals surface area (Å²) in [7, 11) is 0. The summed E-state index contributed by atoms with van der Waals surface area (Å²) in [5.74, 6) is 2.22. The van der Waals surface area contributed by atoms with E-state index in [0.29, 0.717) is 23.0 Å². The molecule has 25 heavy (non-hydrogen) atoms. The molecule has 1 spiro atoms. The molecule has 3 nitrogen and oxygen atoms in total. The first-order valence-corrected chi connectivity index (χ1v) is 10.6. The van der Waals surface area contributed by atoms with Crippen LogP contribution in [0.4, 0.5) is 0 Å². The van der Waals surface area contributed by atoms with Gasteiger partial charge in [0.2, 0.25) is 0 Å². The van der Waals surface area contributed by atoms with Gasteiger partial charge in [0.15, 0.2) is 5.78 Å². The first kappa shape index (κ1) is 15.4. The summed E-state index contributed by atoms with van der Waals surface area (Å²) in [5.41, 5.74) is 1.55. The van der Waals surface area contributed by atoms with Crippen LogP contribution in [0, 0.1) is 34.0 Å². The third-order valence-corrected chi connectivity index (χ3v) is 9.70. The van der Waals surface area contributed by atoms with Gasteiger partial charge in [0, 0.05) is 23.9 Å². The molecule has 6 aliphatic rings. The molecule has 2 heterocycles. The highest BCUT2D eigenvalue weighted by Crippen LogP contribution is 2.74. The maximum absolute atomic E-state index is 13.4. The van der Waals surface area contributed by atoms with Crippen LogP contribution < -0.4 is 0 Å². The van der Waals surface area contributed by atoms with Crippen molar-refractivity contribution in [3.63, 3.8) is 0 Å². The van der Waals surface area contributed by atoms with E-state index in [-0.39, 0.29) is 17.1 Å². The third kappa shape index (κ3) is 1.57. The minimum atomic E-state index is -0.0797. The van der Waals surface area contributed by atoms with Gasteiger partial charge in [-0.25, -0.2) is 0 Å². The largest absolute Gasteiger partial charge is 0.361 e. The van der Waals surface area contributed by atoms with Crippen molar-refractivity contribution in [3.05, 3.63) is 12.2 Å². The molecule has 0 N–H and O–H groups in total. The SMILES string of the molecule is C=C1C(=O)[C@@]23CC[C@@H]4[C@@]5(C)CCC[C@@]4(C4OCCN4C5)[C@@H]2CC[C@H]1C3. The summed E-state index contributed by atoms with van der Waals surface area (Å²) in [6.07, 6.45) is 10.2. The van der Waals surface area contributed by atoms with E-state index in [9.17, 15) is 4.79 Å². The van der Waals surface area contributed by atoms with Gasteiger partial charge in [0.1, 0.15) is 6.23 Å². The molecule has 6 fully saturated rings. The van der Waals surface area contributed by atoms with E-state index in [4.69, 9.17) is 4.74 Å². The van der Waals surface area contributed by atoms with Gasteiger partial charge in [0.25, 0.3) is 0 Å². The van der Waals surface area contributed by atoms with Gasteiger partial charge < -0.3 is 4.74 Å². The van der Waals surface area contributed by atoms with Crippen molar-refractivity contribution in [1.29, 1.82) is 0 Å². The van der Waals surface area contributed by atoms with Crippen molar-refractivity contribution in [2.45, 2.75) is 64.5 Å². The van der Waals surface area contributed by atoms with Crippen LogP contribution >= 0.6 is 0 Å². The lowest BCUT2D eigenvalue weighted by atomic mass is 9.38. The molecule has 0 aromatic carbocycles. The van der Waals surface area contributed by atoms with Crippen LogP contribution in [-0.2, 0) is 9.53 Å². The fourth-order valence-corrected chi connectivity index (χ4v) is 9.07. The molecule has 1 unspecified atom stereocenters. The standard InChI is InChI=1S/C22H31NO2/c1-14-15-4-5-17-21(12-15,18(14)24)9-6-16-20(2)7-3-8-22(16,17)19-23(13-20)10-11-25-19/h15-17,19H,1,3-13H2,2H3/t15-,16+,17+,19?,20-,21+,22-/m0/s1. The highest BCUT2D eigenvalue weighted by molar-refractivity contribution is 6.03. The molecule has 2 saturated heterocycles. The molecule has 3 heteroatoms. The fraction of sp³-hybridized carbons (Fsp3) is 0.864. The number of nitrogens with zero attached hydrogens (tertiary/aromatic N) is 1. The van der Waals surface area contributed by atoms with Gasteiger partial charge in [-0.15, -0.1) is 0 Å². The Morgan fingerprint density at radius 3 is 2.92 bits per heavy atom. The van der Waals surface area contributed by atoms with E-state index in [1.807, 2.05) is 0 Å². The topological polar surface area (TPSA) is 29.5 Å². The van der Waals surface area contributed by atoms with Crippen molar-refractivity contribution < 1.29 is 9.53 Å². The average Bonchev–Trinajstić information content (AvgIpc) is 3.12. The molecule has 0 aromatic rings. The minimum Gasteiger partial charge on any atom is -0.361 e. The number of carbonyl (C=O) groups is 1. The quantitative estimate of drug-likeness (QED) is 0.628. The van der Waals surface area contributed by atoms with Crippen LogP contribution in [0.3, 0.4) is 0 Å². The Morgan fingerprint density at radius 2 is 2.04 bits per heavy atom. The lowest BCUT2D eigenvalue weighted by molar-refractivity contribution is -0.265. The minimum absolute atomic E-state index is 0.0797. The smallest absolute Gasteiger partial charge is 0.165 e. The number of rotatable bonds is 0. The van der Waals surface area contributed by atoms with Crippen molar-refractivity contribution >= 4 is 5.78 Å². The Labute approximate surface area is 151 Å². The zero-order valence-electron chi connectivity index (χ0n) is 15.6. The number of carbonyl (C=O) groups excluding carboxylic acids is 1. The van der Waals surface area contributed by atoms with Crippen molar-refractivity contribution in [3.8, 4) is 0 Å². The summed E-state index contributed by atoms with van der Waals surface area (Å²) >= 11 is 0. The lowest BCUT2D eigenvalue weighted by Crippen LogP contribution is -2.71. The number of allylic oxidation sites excluding steroid dienone is 1. The van der Waals surface area contributed by atoms with Crippen LogP contribution in [0.5, 0.6) is 0 Å². The van der Waals surface area contributed by atoms with Crippen LogP contribution in [0.1, 0.15) is 58.3 Å². The first-order valence-electron chi connectivity index (χ1n) is 10.6. The fourth-order valence-electron chi connectivity index (χ4n) is 9.07. The Balaban J connectivity index is 1.54. The Hall–Kier alpha value is -0.670. The van der Waals surface area contributed by atoms with Crippen LogP contribution in [0.15, 0.2) is 12.2 Å². The number of hydrogen-bond acceptors (Lipinski definition) is 3.